The van der Waals surface area contributed by atoms with Crippen LogP contribution in [0.1, 0.15) is 90.4 Å². The highest BCUT2D eigenvalue weighted by Crippen LogP contribution is 2.10. The molecule has 0 aromatic carbocycles. The third-order valence-electron chi connectivity index (χ3n) is 3.85. The van der Waals surface area contributed by atoms with E-state index in [9.17, 15) is 9.90 Å². The van der Waals surface area contributed by atoms with E-state index in [0.717, 1.165) is 32.1 Å². The van der Waals surface area contributed by atoms with Crippen LogP contribution in [0.15, 0.2) is 12.2 Å². The SMILES string of the molecule is CCCCCCCC/C=C\CCCCCCC(O)C(=O)OO. The Morgan fingerprint density at radius 3 is 1.95 bits per heavy atom. The lowest BCUT2D eigenvalue weighted by molar-refractivity contribution is -0.242. The fourth-order valence-electron chi connectivity index (χ4n) is 2.41. The highest BCUT2D eigenvalue weighted by atomic mass is 17.1. The molecule has 0 aromatic rings. The van der Waals surface area contributed by atoms with Crippen LogP contribution >= 0.6 is 0 Å². The van der Waals surface area contributed by atoms with Gasteiger partial charge in [-0.1, -0.05) is 70.4 Å². The van der Waals surface area contributed by atoms with Crippen molar-refractivity contribution in [3.63, 3.8) is 0 Å². The molecule has 0 heterocycles. The van der Waals surface area contributed by atoms with Crippen LogP contribution in [0.4, 0.5) is 0 Å². The molecule has 130 valence electrons. The number of hydrogen-bond donors (Lipinski definition) is 2. The number of rotatable bonds is 15. The summed E-state index contributed by atoms with van der Waals surface area (Å²) in [4.78, 5) is 14.2. The topological polar surface area (TPSA) is 66.8 Å². The van der Waals surface area contributed by atoms with Gasteiger partial charge in [0.1, 0.15) is 0 Å². The number of unbranched alkanes of at least 4 members (excludes halogenated alkanes) is 10. The van der Waals surface area contributed by atoms with E-state index in [1.165, 1.54) is 44.9 Å². The van der Waals surface area contributed by atoms with Crippen molar-refractivity contribution >= 4 is 5.97 Å². The molecule has 4 heteroatoms. The van der Waals surface area contributed by atoms with E-state index >= 15 is 0 Å². The molecule has 0 saturated heterocycles. The van der Waals surface area contributed by atoms with Gasteiger partial charge in [0, 0.05) is 0 Å². The summed E-state index contributed by atoms with van der Waals surface area (Å²) in [5, 5.41) is 17.4. The van der Waals surface area contributed by atoms with Crippen LogP contribution in [-0.4, -0.2) is 22.4 Å². The lowest BCUT2D eigenvalue weighted by atomic mass is 10.1. The van der Waals surface area contributed by atoms with E-state index in [0.29, 0.717) is 6.42 Å². The minimum atomic E-state index is -1.19. The Bertz CT molecular complexity index is 276. The number of hydrogen-bond acceptors (Lipinski definition) is 4. The molecule has 4 nitrogen and oxygen atoms in total. The zero-order valence-corrected chi connectivity index (χ0v) is 14.1. The molecule has 0 amide bonds. The molecule has 0 aliphatic heterocycles. The second-order valence-corrected chi connectivity index (χ2v) is 5.95. The highest BCUT2D eigenvalue weighted by Gasteiger charge is 2.15. The van der Waals surface area contributed by atoms with Crippen LogP contribution in [0.25, 0.3) is 0 Å². The molecule has 0 radical (unpaired) electrons. The third kappa shape index (κ3) is 14.1. The third-order valence-corrected chi connectivity index (χ3v) is 3.85. The normalized spacial score (nSPS) is 12.7. The van der Waals surface area contributed by atoms with Crippen molar-refractivity contribution in [2.24, 2.45) is 0 Å². The van der Waals surface area contributed by atoms with Gasteiger partial charge in [0.25, 0.3) is 0 Å². The second kappa shape index (κ2) is 16.5. The summed E-state index contributed by atoms with van der Waals surface area (Å²) in [5.41, 5.74) is 0. The Labute approximate surface area is 135 Å². The molecule has 0 spiro atoms. The first-order valence-corrected chi connectivity index (χ1v) is 8.90. The standard InChI is InChI=1S/C18H34O4/c1-2-3-4-5-6-7-8-9-10-11-12-13-14-15-16-17(19)18(20)22-21/h9-10,17,19,21H,2-8,11-16H2,1H3/b10-9-. The summed E-state index contributed by atoms with van der Waals surface area (Å²) in [6.07, 6.45) is 18.1. The van der Waals surface area contributed by atoms with Gasteiger partial charge in [-0.05, 0) is 32.1 Å². The Morgan fingerprint density at radius 1 is 0.909 bits per heavy atom. The Kier molecular flexibility index (Phi) is 15.8. The molecule has 22 heavy (non-hydrogen) atoms. The van der Waals surface area contributed by atoms with Crippen molar-refractivity contribution in [3.8, 4) is 0 Å². The van der Waals surface area contributed by atoms with E-state index in [2.05, 4.69) is 24.0 Å². The van der Waals surface area contributed by atoms with E-state index in [-0.39, 0.29) is 0 Å². The fraction of sp³-hybridized carbons (Fsp3) is 0.833. The van der Waals surface area contributed by atoms with Crippen molar-refractivity contribution in [3.05, 3.63) is 12.2 Å². The molecule has 0 fully saturated rings. The van der Waals surface area contributed by atoms with Gasteiger partial charge in [-0.25, -0.2) is 4.79 Å². The number of aliphatic hydroxyl groups is 1. The minimum absolute atomic E-state index is 0.354. The van der Waals surface area contributed by atoms with Crippen molar-refractivity contribution < 1.29 is 20.0 Å². The van der Waals surface area contributed by atoms with Gasteiger partial charge in [0.05, 0.1) is 0 Å². The number of aliphatic hydroxyl groups excluding tert-OH is 1. The maximum atomic E-state index is 10.7. The zero-order chi connectivity index (χ0) is 16.5. The maximum Gasteiger partial charge on any atom is 0.370 e. The van der Waals surface area contributed by atoms with Crippen molar-refractivity contribution in [2.45, 2.75) is 96.5 Å². The van der Waals surface area contributed by atoms with Crippen LogP contribution in [0.3, 0.4) is 0 Å². The van der Waals surface area contributed by atoms with Crippen LogP contribution in [0.2, 0.25) is 0 Å². The monoisotopic (exact) mass is 314 g/mol. The van der Waals surface area contributed by atoms with E-state index in [1.54, 1.807) is 0 Å². The minimum Gasteiger partial charge on any atom is -0.381 e. The van der Waals surface area contributed by atoms with Crippen molar-refractivity contribution in [1.82, 2.24) is 0 Å². The van der Waals surface area contributed by atoms with Crippen LogP contribution in [-0.2, 0) is 9.68 Å². The fourth-order valence-corrected chi connectivity index (χ4v) is 2.41. The number of carbonyl (C=O) groups is 1. The first kappa shape index (κ1) is 21.1. The molecular weight excluding hydrogens is 280 g/mol. The predicted octanol–water partition coefficient (Wildman–Crippen LogP) is 5.01. The molecule has 1 unspecified atom stereocenters. The van der Waals surface area contributed by atoms with Gasteiger partial charge in [-0.2, -0.15) is 5.26 Å². The smallest absolute Gasteiger partial charge is 0.370 e. The number of carbonyl (C=O) groups excluding carboxylic acids is 1. The summed E-state index contributed by atoms with van der Waals surface area (Å²) in [6.45, 7) is 2.24. The number of allylic oxidation sites excluding steroid dienone is 2. The lowest BCUT2D eigenvalue weighted by Crippen LogP contribution is -2.21. The van der Waals surface area contributed by atoms with Crippen molar-refractivity contribution in [1.29, 1.82) is 0 Å². The van der Waals surface area contributed by atoms with Gasteiger partial charge < -0.3 is 5.11 Å². The van der Waals surface area contributed by atoms with Gasteiger partial charge >= 0.3 is 5.97 Å². The van der Waals surface area contributed by atoms with Gasteiger partial charge in [0.2, 0.25) is 0 Å². The zero-order valence-electron chi connectivity index (χ0n) is 14.1. The molecule has 0 aliphatic carbocycles. The molecule has 0 rings (SSSR count). The Morgan fingerprint density at radius 2 is 1.41 bits per heavy atom. The van der Waals surface area contributed by atoms with E-state index < -0.39 is 12.1 Å². The van der Waals surface area contributed by atoms with Gasteiger partial charge in [0.15, 0.2) is 6.10 Å². The van der Waals surface area contributed by atoms with Crippen molar-refractivity contribution in [2.75, 3.05) is 0 Å². The summed E-state index contributed by atoms with van der Waals surface area (Å²) in [5.74, 6) is -0.961. The summed E-state index contributed by atoms with van der Waals surface area (Å²) < 4.78 is 0. The maximum absolute atomic E-state index is 10.7. The first-order chi connectivity index (χ1) is 10.7. The first-order valence-electron chi connectivity index (χ1n) is 8.90. The average Bonchev–Trinajstić information content (AvgIpc) is 2.54. The largest absolute Gasteiger partial charge is 0.381 e. The molecule has 0 aliphatic rings. The second-order valence-electron chi connectivity index (χ2n) is 5.95. The highest BCUT2D eigenvalue weighted by molar-refractivity contribution is 5.73. The van der Waals surface area contributed by atoms with Gasteiger partial charge in [-0.3, -0.25) is 4.89 Å². The molecule has 0 aromatic heterocycles. The molecule has 0 bridgehead atoms. The van der Waals surface area contributed by atoms with Crippen LogP contribution in [0.5, 0.6) is 0 Å². The summed E-state index contributed by atoms with van der Waals surface area (Å²) in [7, 11) is 0. The molecular formula is C18H34O4. The van der Waals surface area contributed by atoms with Gasteiger partial charge in [-0.15, -0.1) is 0 Å². The molecule has 0 saturated carbocycles. The molecule has 1 atom stereocenters. The molecule has 2 N–H and O–H groups in total. The summed E-state index contributed by atoms with van der Waals surface area (Å²) in [6, 6.07) is 0. The van der Waals surface area contributed by atoms with Crippen LogP contribution < -0.4 is 0 Å². The Hall–Kier alpha value is -0.870. The predicted molar refractivity (Wildman–Crippen MR) is 89.6 cm³/mol. The Balaban J connectivity index is 3.22. The van der Waals surface area contributed by atoms with Crippen LogP contribution in [0, 0.1) is 0 Å². The average molecular weight is 314 g/mol. The summed E-state index contributed by atoms with van der Waals surface area (Å²) >= 11 is 0. The lowest BCUT2D eigenvalue weighted by Gasteiger charge is -2.05. The van der Waals surface area contributed by atoms with E-state index in [4.69, 9.17) is 5.26 Å². The quantitative estimate of drug-likeness (QED) is 0.193. The van der Waals surface area contributed by atoms with E-state index in [1.807, 2.05) is 0 Å².